The average Bonchev–Trinajstić information content (AvgIpc) is 2.84. The van der Waals surface area contributed by atoms with Crippen LogP contribution in [0, 0.1) is 6.92 Å². The summed E-state index contributed by atoms with van der Waals surface area (Å²) in [5, 5.41) is 4.06. The van der Waals surface area contributed by atoms with Crippen LogP contribution in [0.2, 0.25) is 0 Å². The smallest absolute Gasteiger partial charge is 0.166 e. The van der Waals surface area contributed by atoms with Crippen LogP contribution in [0.5, 0.6) is 0 Å². The van der Waals surface area contributed by atoms with Gasteiger partial charge in [-0.2, -0.15) is 5.10 Å². The Kier molecular flexibility index (Phi) is 2.90. The lowest BCUT2D eigenvalue weighted by Crippen LogP contribution is -1.99. The van der Waals surface area contributed by atoms with E-state index in [4.69, 9.17) is 4.42 Å². The van der Waals surface area contributed by atoms with Gasteiger partial charge in [0, 0.05) is 19.7 Å². The highest BCUT2D eigenvalue weighted by molar-refractivity contribution is 5.95. The normalized spacial score (nSPS) is 10.6. The summed E-state index contributed by atoms with van der Waals surface area (Å²) in [5.41, 5.74) is 1.73. The van der Waals surface area contributed by atoms with E-state index in [2.05, 4.69) is 5.10 Å². The molecular formula is C12H14N2O2. The third-order valence-electron chi connectivity index (χ3n) is 2.45. The Morgan fingerprint density at radius 3 is 2.94 bits per heavy atom. The largest absolute Gasteiger partial charge is 0.469 e. The van der Waals surface area contributed by atoms with E-state index in [0.29, 0.717) is 12.0 Å². The molecule has 2 aromatic rings. The second kappa shape index (κ2) is 4.35. The SMILES string of the molecule is Cc1cc(C(=O)CCc2cnn(C)c2)co1. The van der Waals surface area contributed by atoms with E-state index < -0.39 is 0 Å². The molecule has 2 rings (SSSR count). The number of carbonyl (C=O) groups excluding carboxylic acids is 1. The third-order valence-corrected chi connectivity index (χ3v) is 2.45. The van der Waals surface area contributed by atoms with Crippen LogP contribution in [0.15, 0.2) is 29.1 Å². The van der Waals surface area contributed by atoms with Gasteiger partial charge in [-0.05, 0) is 25.0 Å². The molecular weight excluding hydrogens is 204 g/mol. The first kappa shape index (κ1) is 10.7. The van der Waals surface area contributed by atoms with Crippen molar-refractivity contribution < 1.29 is 9.21 Å². The van der Waals surface area contributed by atoms with E-state index in [1.54, 1.807) is 16.9 Å². The van der Waals surface area contributed by atoms with Gasteiger partial charge in [0.05, 0.1) is 11.8 Å². The van der Waals surface area contributed by atoms with Gasteiger partial charge in [0.15, 0.2) is 5.78 Å². The van der Waals surface area contributed by atoms with Gasteiger partial charge in [-0.15, -0.1) is 0 Å². The predicted molar refractivity (Wildman–Crippen MR) is 59.3 cm³/mol. The molecule has 0 aromatic carbocycles. The first-order chi connectivity index (χ1) is 7.65. The lowest BCUT2D eigenvalue weighted by atomic mass is 10.1. The quantitative estimate of drug-likeness (QED) is 0.739. The highest BCUT2D eigenvalue weighted by Crippen LogP contribution is 2.11. The summed E-state index contributed by atoms with van der Waals surface area (Å²) in [5.74, 6) is 0.880. The van der Waals surface area contributed by atoms with Crippen LogP contribution in [0.4, 0.5) is 0 Å². The zero-order valence-electron chi connectivity index (χ0n) is 9.43. The Bertz CT molecular complexity index is 497. The molecule has 0 radical (unpaired) electrons. The van der Waals surface area contributed by atoms with Crippen molar-refractivity contribution in [2.24, 2.45) is 7.05 Å². The number of hydrogen-bond donors (Lipinski definition) is 0. The molecule has 0 aliphatic carbocycles. The molecule has 0 N–H and O–H groups in total. The molecule has 84 valence electrons. The van der Waals surface area contributed by atoms with Crippen LogP contribution in [0.1, 0.15) is 28.1 Å². The van der Waals surface area contributed by atoms with Gasteiger partial charge >= 0.3 is 0 Å². The van der Waals surface area contributed by atoms with Gasteiger partial charge in [-0.3, -0.25) is 9.48 Å². The minimum atomic E-state index is 0.112. The number of furan rings is 1. The van der Waals surface area contributed by atoms with Crippen LogP contribution < -0.4 is 0 Å². The summed E-state index contributed by atoms with van der Waals surface area (Å²) in [7, 11) is 1.87. The fourth-order valence-corrected chi connectivity index (χ4v) is 1.59. The number of rotatable bonds is 4. The van der Waals surface area contributed by atoms with Crippen molar-refractivity contribution in [2.75, 3.05) is 0 Å². The second-order valence-electron chi connectivity index (χ2n) is 3.89. The van der Waals surface area contributed by atoms with Gasteiger partial charge in [0.1, 0.15) is 12.0 Å². The molecule has 0 bridgehead atoms. The van der Waals surface area contributed by atoms with Crippen LogP contribution in [-0.2, 0) is 13.5 Å². The minimum Gasteiger partial charge on any atom is -0.469 e. The number of ketones is 1. The number of hydrogen-bond acceptors (Lipinski definition) is 3. The zero-order chi connectivity index (χ0) is 11.5. The van der Waals surface area contributed by atoms with Gasteiger partial charge in [0.2, 0.25) is 0 Å². The fourth-order valence-electron chi connectivity index (χ4n) is 1.59. The topological polar surface area (TPSA) is 48.0 Å². The van der Waals surface area contributed by atoms with Crippen molar-refractivity contribution in [1.29, 1.82) is 0 Å². The number of carbonyl (C=O) groups is 1. The summed E-state index contributed by atoms with van der Waals surface area (Å²) in [6, 6.07) is 1.77. The van der Waals surface area contributed by atoms with E-state index in [1.807, 2.05) is 20.2 Å². The molecule has 0 atom stereocenters. The van der Waals surface area contributed by atoms with E-state index >= 15 is 0 Å². The summed E-state index contributed by atoms with van der Waals surface area (Å²) in [6.07, 6.45) is 6.43. The van der Waals surface area contributed by atoms with Crippen molar-refractivity contribution in [1.82, 2.24) is 9.78 Å². The molecule has 0 amide bonds. The van der Waals surface area contributed by atoms with Crippen molar-refractivity contribution >= 4 is 5.78 Å². The van der Waals surface area contributed by atoms with E-state index in [1.165, 1.54) is 6.26 Å². The first-order valence-electron chi connectivity index (χ1n) is 5.21. The summed E-state index contributed by atoms with van der Waals surface area (Å²) in [6.45, 7) is 1.83. The summed E-state index contributed by atoms with van der Waals surface area (Å²) < 4.78 is 6.84. The fraction of sp³-hybridized carbons (Fsp3) is 0.333. The second-order valence-corrected chi connectivity index (χ2v) is 3.89. The van der Waals surface area contributed by atoms with E-state index in [-0.39, 0.29) is 5.78 Å². The average molecular weight is 218 g/mol. The Hall–Kier alpha value is -1.84. The molecule has 0 spiro atoms. The Balaban J connectivity index is 1.93. The number of nitrogens with zero attached hydrogens (tertiary/aromatic N) is 2. The maximum absolute atomic E-state index is 11.8. The van der Waals surface area contributed by atoms with Crippen molar-refractivity contribution in [3.05, 3.63) is 41.6 Å². The van der Waals surface area contributed by atoms with Crippen LogP contribution in [-0.4, -0.2) is 15.6 Å². The Morgan fingerprint density at radius 1 is 1.56 bits per heavy atom. The molecule has 0 saturated heterocycles. The van der Waals surface area contributed by atoms with Gasteiger partial charge in [-0.1, -0.05) is 0 Å². The molecule has 4 nitrogen and oxygen atoms in total. The van der Waals surface area contributed by atoms with E-state index in [9.17, 15) is 4.79 Å². The standard InChI is InChI=1S/C12H14N2O2/c1-9-5-11(8-16-9)12(15)4-3-10-6-13-14(2)7-10/h5-8H,3-4H2,1-2H3. The van der Waals surface area contributed by atoms with Crippen molar-refractivity contribution in [2.45, 2.75) is 19.8 Å². The van der Waals surface area contributed by atoms with Crippen LogP contribution in [0.3, 0.4) is 0 Å². The molecule has 2 heterocycles. The predicted octanol–water partition coefficient (Wildman–Crippen LogP) is 2.14. The Morgan fingerprint density at radius 2 is 2.38 bits per heavy atom. The zero-order valence-corrected chi connectivity index (χ0v) is 9.43. The molecule has 16 heavy (non-hydrogen) atoms. The molecule has 4 heteroatoms. The van der Waals surface area contributed by atoms with Gasteiger partial charge < -0.3 is 4.42 Å². The van der Waals surface area contributed by atoms with Crippen molar-refractivity contribution in [3.63, 3.8) is 0 Å². The molecule has 0 saturated carbocycles. The molecule has 0 unspecified atom stereocenters. The number of aromatic nitrogens is 2. The Labute approximate surface area is 93.9 Å². The summed E-state index contributed by atoms with van der Waals surface area (Å²) in [4.78, 5) is 11.8. The molecule has 0 fully saturated rings. The monoisotopic (exact) mass is 218 g/mol. The lowest BCUT2D eigenvalue weighted by molar-refractivity contribution is 0.0982. The molecule has 0 aliphatic rings. The lowest BCUT2D eigenvalue weighted by Gasteiger charge is -1.95. The van der Waals surface area contributed by atoms with Crippen LogP contribution >= 0.6 is 0 Å². The van der Waals surface area contributed by atoms with Crippen molar-refractivity contribution in [3.8, 4) is 0 Å². The summed E-state index contributed by atoms with van der Waals surface area (Å²) >= 11 is 0. The van der Waals surface area contributed by atoms with Gasteiger partial charge in [-0.25, -0.2) is 0 Å². The first-order valence-corrected chi connectivity index (χ1v) is 5.21. The maximum atomic E-state index is 11.8. The third kappa shape index (κ3) is 2.39. The molecule has 2 aromatic heterocycles. The van der Waals surface area contributed by atoms with Gasteiger partial charge in [0.25, 0.3) is 0 Å². The highest BCUT2D eigenvalue weighted by atomic mass is 16.3. The van der Waals surface area contributed by atoms with Crippen LogP contribution in [0.25, 0.3) is 0 Å². The van der Waals surface area contributed by atoms with E-state index in [0.717, 1.165) is 17.7 Å². The maximum Gasteiger partial charge on any atom is 0.166 e. The highest BCUT2D eigenvalue weighted by Gasteiger charge is 2.09. The number of Topliss-reactive ketones (excluding diaryl/α,β-unsaturated/α-hetero) is 1. The minimum absolute atomic E-state index is 0.112. The molecule has 0 aliphatic heterocycles. The number of aryl methyl sites for hydroxylation is 3.